The summed E-state index contributed by atoms with van der Waals surface area (Å²) in [6.07, 6.45) is 0. The summed E-state index contributed by atoms with van der Waals surface area (Å²) in [7, 11) is 0. The molecule has 0 saturated heterocycles. The Hall–Kier alpha value is -3.34. The van der Waals surface area contributed by atoms with Gasteiger partial charge >= 0.3 is 0 Å². The number of amides is 2. The van der Waals surface area contributed by atoms with Crippen molar-refractivity contribution >= 4 is 22.6 Å². The van der Waals surface area contributed by atoms with Gasteiger partial charge in [-0.2, -0.15) is 0 Å². The second kappa shape index (κ2) is 6.65. The van der Waals surface area contributed by atoms with Crippen LogP contribution in [-0.2, 0) is 6.61 Å². The molecule has 0 heterocycles. The molecule has 0 radical (unpaired) electrons. The first kappa shape index (κ1) is 16.5. The second-order valence-electron chi connectivity index (χ2n) is 5.85. The molecule has 0 aromatic heterocycles. The topological polar surface area (TPSA) is 95.4 Å². The summed E-state index contributed by atoms with van der Waals surface area (Å²) in [6, 6.07) is 16.3. The molecule has 0 bridgehead atoms. The predicted molar refractivity (Wildman–Crippen MR) is 96.5 cm³/mol. The predicted octanol–water partition coefficient (Wildman–Crippen LogP) is 2.93. The van der Waals surface area contributed by atoms with Crippen molar-refractivity contribution in [2.24, 2.45) is 11.5 Å². The molecule has 0 unspecified atom stereocenters. The van der Waals surface area contributed by atoms with Gasteiger partial charge in [0.15, 0.2) is 0 Å². The van der Waals surface area contributed by atoms with Crippen molar-refractivity contribution in [2.45, 2.75) is 13.5 Å². The summed E-state index contributed by atoms with van der Waals surface area (Å²) in [5.41, 5.74) is 13.6. The van der Waals surface area contributed by atoms with E-state index in [1.807, 2.05) is 31.2 Å². The normalized spacial score (nSPS) is 10.6. The van der Waals surface area contributed by atoms with Gasteiger partial charge in [0, 0.05) is 5.56 Å². The summed E-state index contributed by atoms with van der Waals surface area (Å²) < 4.78 is 5.86. The fourth-order valence-electron chi connectivity index (χ4n) is 2.67. The maximum absolute atomic E-state index is 11.8. The van der Waals surface area contributed by atoms with Gasteiger partial charge in [-0.15, -0.1) is 0 Å². The van der Waals surface area contributed by atoms with Crippen LogP contribution in [-0.4, -0.2) is 11.8 Å². The third kappa shape index (κ3) is 3.45. The highest BCUT2D eigenvalue weighted by molar-refractivity contribution is 6.03. The van der Waals surface area contributed by atoms with E-state index >= 15 is 0 Å². The molecule has 5 nitrogen and oxygen atoms in total. The number of hydrogen-bond acceptors (Lipinski definition) is 3. The Kier molecular flexibility index (Phi) is 4.39. The molecule has 0 atom stereocenters. The lowest BCUT2D eigenvalue weighted by molar-refractivity contribution is 0.0990. The number of aryl methyl sites for hydroxylation is 1. The monoisotopic (exact) mass is 334 g/mol. The number of fused-ring (bicyclic) bond motifs is 1. The maximum Gasteiger partial charge on any atom is 0.252 e. The lowest BCUT2D eigenvalue weighted by Gasteiger charge is -2.13. The highest BCUT2D eigenvalue weighted by atomic mass is 16.5. The molecule has 0 aliphatic heterocycles. The molecule has 0 spiro atoms. The summed E-state index contributed by atoms with van der Waals surface area (Å²) in [6.45, 7) is 2.33. The van der Waals surface area contributed by atoms with Crippen LogP contribution in [0.25, 0.3) is 10.8 Å². The van der Waals surface area contributed by atoms with Gasteiger partial charge in [-0.05, 0) is 53.1 Å². The molecule has 4 N–H and O–H groups in total. The van der Waals surface area contributed by atoms with E-state index in [1.54, 1.807) is 30.3 Å². The minimum Gasteiger partial charge on any atom is -0.488 e. The van der Waals surface area contributed by atoms with E-state index in [4.69, 9.17) is 16.2 Å². The Bertz CT molecular complexity index is 980. The summed E-state index contributed by atoms with van der Waals surface area (Å²) >= 11 is 0. The molecule has 0 saturated carbocycles. The molecule has 3 rings (SSSR count). The standard InChI is InChI=1S/C20H18N2O3/c1-12-4-2-3-5-15(12)11-25-18-10-13-6-7-14(19(21)23)8-16(13)9-17(18)20(22)24/h2-10H,11H2,1H3,(H2,21,23)(H2,22,24). The van der Waals surface area contributed by atoms with Crippen LogP contribution in [0.2, 0.25) is 0 Å². The summed E-state index contributed by atoms with van der Waals surface area (Å²) in [4.78, 5) is 23.1. The average molecular weight is 334 g/mol. The number of ether oxygens (including phenoxy) is 1. The third-order valence-electron chi connectivity index (χ3n) is 4.13. The third-order valence-corrected chi connectivity index (χ3v) is 4.13. The van der Waals surface area contributed by atoms with E-state index in [0.29, 0.717) is 23.3 Å². The Labute approximate surface area is 145 Å². The van der Waals surface area contributed by atoms with Crippen molar-refractivity contribution in [3.8, 4) is 5.75 Å². The van der Waals surface area contributed by atoms with Crippen molar-refractivity contribution in [3.05, 3.63) is 76.9 Å². The molecule has 3 aromatic rings. The van der Waals surface area contributed by atoms with Crippen molar-refractivity contribution < 1.29 is 14.3 Å². The molecular weight excluding hydrogens is 316 g/mol. The quantitative estimate of drug-likeness (QED) is 0.751. The van der Waals surface area contributed by atoms with Crippen LogP contribution in [0.1, 0.15) is 31.8 Å². The van der Waals surface area contributed by atoms with Crippen molar-refractivity contribution in [1.82, 2.24) is 0 Å². The molecule has 25 heavy (non-hydrogen) atoms. The first-order valence-electron chi connectivity index (χ1n) is 7.80. The molecule has 0 aliphatic rings. The lowest BCUT2D eigenvalue weighted by Crippen LogP contribution is -2.14. The fraction of sp³-hybridized carbons (Fsp3) is 0.100. The SMILES string of the molecule is Cc1ccccc1COc1cc2ccc(C(N)=O)cc2cc1C(N)=O. The Morgan fingerprint density at radius 3 is 2.36 bits per heavy atom. The largest absolute Gasteiger partial charge is 0.488 e. The van der Waals surface area contributed by atoms with Gasteiger partial charge in [0.2, 0.25) is 5.91 Å². The van der Waals surface area contributed by atoms with E-state index in [0.717, 1.165) is 16.5 Å². The van der Waals surface area contributed by atoms with E-state index in [-0.39, 0.29) is 5.56 Å². The number of nitrogens with two attached hydrogens (primary N) is 2. The first-order chi connectivity index (χ1) is 12.0. The van der Waals surface area contributed by atoms with Crippen LogP contribution in [0.4, 0.5) is 0 Å². The smallest absolute Gasteiger partial charge is 0.252 e. The fourth-order valence-corrected chi connectivity index (χ4v) is 2.67. The van der Waals surface area contributed by atoms with E-state index < -0.39 is 11.8 Å². The Balaban J connectivity index is 2.00. The summed E-state index contributed by atoms with van der Waals surface area (Å²) in [5, 5.41) is 1.53. The van der Waals surface area contributed by atoms with Crippen LogP contribution in [0, 0.1) is 6.92 Å². The molecule has 3 aromatic carbocycles. The van der Waals surface area contributed by atoms with Gasteiger partial charge in [-0.1, -0.05) is 30.3 Å². The number of primary amides is 2. The molecule has 0 fully saturated rings. The van der Waals surface area contributed by atoms with E-state index in [1.165, 1.54) is 0 Å². The van der Waals surface area contributed by atoms with Crippen LogP contribution in [0.3, 0.4) is 0 Å². The van der Waals surface area contributed by atoms with Crippen molar-refractivity contribution in [1.29, 1.82) is 0 Å². The number of carbonyl (C=O) groups excluding carboxylic acids is 2. The molecule has 0 aliphatic carbocycles. The maximum atomic E-state index is 11.8. The zero-order valence-electron chi connectivity index (χ0n) is 13.8. The van der Waals surface area contributed by atoms with E-state index in [2.05, 4.69) is 0 Å². The van der Waals surface area contributed by atoms with Gasteiger partial charge in [0.25, 0.3) is 5.91 Å². The van der Waals surface area contributed by atoms with Gasteiger partial charge in [0.1, 0.15) is 12.4 Å². The molecule has 126 valence electrons. The van der Waals surface area contributed by atoms with Gasteiger partial charge < -0.3 is 16.2 Å². The zero-order chi connectivity index (χ0) is 18.0. The van der Waals surface area contributed by atoms with Crippen molar-refractivity contribution in [3.63, 3.8) is 0 Å². The minimum atomic E-state index is -0.592. The Morgan fingerprint density at radius 2 is 1.68 bits per heavy atom. The highest BCUT2D eigenvalue weighted by Gasteiger charge is 2.13. The zero-order valence-corrected chi connectivity index (χ0v) is 13.8. The lowest BCUT2D eigenvalue weighted by atomic mass is 10.0. The van der Waals surface area contributed by atoms with E-state index in [9.17, 15) is 9.59 Å². The molecule has 2 amide bonds. The number of carbonyl (C=O) groups is 2. The van der Waals surface area contributed by atoms with Gasteiger partial charge in [-0.25, -0.2) is 0 Å². The van der Waals surface area contributed by atoms with Gasteiger partial charge in [0.05, 0.1) is 5.56 Å². The molecule has 5 heteroatoms. The summed E-state index contributed by atoms with van der Waals surface area (Å²) in [5.74, 6) is -0.705. The number of hydrogen-bond donors (Lipinski definition) is 2. The van der Waals surface area contributed by atoms with Crippen LogP contribution >= 0.6 is 0 Å². The number of benzene rings is 3. The second-order valence-corrected chi connectivity index (χ2v) is 5.85. The Morgan fingerprint density at radius 1 is 0.920 bits per heavy atom. The average Bonchev–Trinajstić information content (AvgIpc) is 2.59. The van der Waals surface area contributed by atoms with Crippen LogP contribution < -0.4 is 16.2 Å². The minimum absolute atomic E-state index is 0.266. The highest BCUT2D eigenvalue weighted by Crippen LogP contribution is 2.28. The first-order valence-corrected chi connectivity index (χ1v) is 7.80. The van der Waals surface area contributed by atoms with Crippen LogP contribution in [0.15, 0.2) is 54.6 Å². The number of rotatable bonds is 5. The van der Waals surface area contributed by atoms with Crippen molar-refractivity contribution in [2.75, 3.05) is 0 Å². The van der Waals surface area contributed by atoms with Crippen LogP contribution in [0.5, 0.6) is 5.75 Å². The van der Waals surface area contributed by atoms with Gasteiger partial charge in [-0.3, -0.25) is 9.59 Å². The molecular formula is C20H18N2O3.